The number of aliphatic hydroxyl groups excluding tert-OH is 1. The highest BCUT2D eigenvalue weighted by Crippen LogP contribution is 2.30. The second-order valence-corrected chi connectivity index (χ2v) is 3.44. The Morgan fingerprint density at radius 1 is 1.58 bits per heavy atom. The Kier molecular flexibility index (Phi) is 3.15. The van der Waals surface area contributed by atoms with Gasteiger partial charge in [-0.3, -0.25) is 0 Å². The number of hydrogen-bond acceptors (Lipinski definition) is 2. The Morgan fingerprint density at radius 2 is 2.33 bits per heavy atom. The number of ether oxygens (including phenoxy) is 1. The molecule has 0 aromatic rings. The lowest BCUT2D eigenvalue weighted by atomic mass is 9.90. The standard InChI is InChI=1S/C10H18O2/c1-3-9-5-6-10(4-2,8-11)12-7-9/h7,11H,3-6,8H2,1-2H3. The van der Waals surface area contributed by atoms with E-state index in [9.17, 15) is 0 Å². The van der Waals surface area contributed by atoms with Gasteiger partial charge in [-0.25, -0.2) is 0 Å². The van der Waals surface area contributed by atoms with Crippen LogP contribution in [0.3, 0.4) is 0 Å². The average molecular weight is 170 g/mol. The van der Waals surface area contributed by atoms with Crippen LogP contribution in [-0.4, -0.2) is 17.3 Å². The maximum absolute atomic E-state index is 9.15. The smallest absolute Gasteiger partial charge is 0.131 e. The fourth-order valence-electron chi connectivity index (χ4n) is 1.46. The van der Waals surface area contributed by atoms with Crippen LogP contribution in [0, 0.1) is 0 Å². The number of allylic oxidation sites excluding steroid dienone is 1. The van der Waals surface area contributed by atoms with E-state index in [1.54, 1.807) is 0 Å². The predicted molar refractivity (Wildman–Crippen MR) is 48.8 cm³/mol. The van der Waals surface area contributed by atoms with Crippen molar-refractivity contribution in [1.82, 2.24) is 0 Å². The summed E-state index contributed by atoms with van der Waals surface area (Å²) in [7, 11) is 0. The van der Waals surface area contributed by atoms with Crippen molar-refractivity contribution in [2.75, 3.05) is 6.61 Å². The van der Waals surface area contributed by atoms with Crippen molar-refractivity contribution in [1.29, 1.82) is 0 Å². The van der Waals surface area contributed by atoms with E-state index in [-0.39, 0.29) is 12.2 Å². The molecule has 0 aromatic carbocycles. The van der Waals surface area contributed by atoms with Crippen molar-refractivity contribution < 1.29 is 9.84 Å². The van der Waals surface area contributed by atoms with E-state index in [0.29, 0.717) is 0 Å². The van der Waals surface area contributed by atoms with Gasteiger partial charge in [0.1, 0.15) is 5.60 Å². The minimum atomic E-state index is -0.279. The van der Waals surface area contributed by atoms with Gasteiger partial charge in [-0.2, -0.15) is 0 Å². The molecule has 1 rings (SSSR count). The Bertz CT molecular complexity index is 169. The van der Waals surface area contributed by atoms with Crippen molar-refractivity contribution in [2.45, 2.75) is 45.1 Å². The summed E-state index contributed by atoms with van der Waals surface area (Å²) in [4.78, 5) is 0. The van der Waals surface area contributed by atoms with Crippen LogP contribution in [0.5, 0.6) is 0 Å². The molecule has 0 aromatic heterocycles. The van der Waals surface area contributed by atoms with Crippen LogP contribution < -0.4 is 0 Å². The summed E-state index contributed by atoms with van der Waals surface area (Å²) < 4.78 is 5.56. The monoisotopic (exact) mass is 170 g/mol. The maximum Gasteiger partial charge on any atom is 0.131 e. The van der Waals surface area contributed by atoms with Gasteiger partial charge in [0.2, 0.25) is 0 Å². The van der Waals surface area contributed by atoms with E-state index in [1.807, 2.05) is 6.26 Å². The number of hydrogen-bond donors (Lipinski definition) is 1. The number of aliphatic hydroxyl groups is 1. The third kappa shape index (κ3) is 1.81. The first-order valence-corrected chi connectivity index (χ1v) is 4.73. The summed E-state index contributed by atoms with van der Waals surface area (Å²) in [6.45, 7) is 4.32. The molecule has 0 bridgehead atoms. The molecule has 0 aliphatic carbocycles. The largest absolute Gasteiger partial charge is 0.493 e. The third-order valence-electron chi connectivity index (χ3n) is 2.76. The van der Waals surface area contributed by atoms with Crippen molar-refractivity contribution in [3.8, 4) is 0 Å². The molecule has 0 spiro atoms. The van der Waals surface area contributed by atoms with Crippen LogP contribution in [0.2, 0.25) is 0 Å². The summed E-state index contributed by atoms with van der Waals surface area (Å²) >= 11 is 0. The van der Waals surface area contributed by atoms with Gasteiger partial charge in [0.25, 0.3) is 0 Å². The van der Waals surface area contributed by atoms with Crippen molar-refractivity contribution in [3.63, 3.8) is 0 Å². The van der Waals surface area contributed by atoms with Gasteiger partial charge >= 0.3 is 0 Å². The summed E-state index contributed by atoms with van der Waals surface area (Å²) in [5.41, 5.74) is 1.08. The molecule has 1 aliphatic rings. The molecule has 1 heterocycles. The first kappa shape index (κ1) is 9.59. The van der Waals surface area contributed by atoms with Gasteiger partial charge in [-0.05, 0) is 31.3 Å². The van der Waals surface area contributed by atoms with E-state index in [4.69, 9.17) is 9.84 Å². The molecule has 1 N–H and O–H groups in total. The second kappa shape index (κ2) is 3.94. The zero-order chi connectivity index (χ0) is 9.03. The summed E-state index contributed by atoms with van der Waals surface area (Å²) in [6.07, 6.45) is 5.82. The third-order valence-corrected chi connectivity index (χ3v) is 2.76. The van der Waals surface area contributed by atoms with Crippen LogP contribution in [0.4, 0.5) is 0 Å². The summed E-state index contributed by atoms with van der Waals surface area (Å²) in [6, 6.07) is 0. The Morgan fingerprint density at radius 3 is 2.67 bits per heavy atom. The SMILES string of the molecule is CCC1=COC(CC)(CO)CC1. The minimum absolute atomic E-state index is 0.136. The summed E-state index contributed by atoms with van der Waals surface area (Å²) in [5, 5.41) is 9.15. The highest BCUT2D eigenvalue weighted by Gasteiger charge is 2.30. The highest BCUT2D eigenvalue weighted by molar-refractivity contribution is 5.04. The second-order valence-electron chi connectivity index (χ2n) is 3.44. The molecule has 12 heavy (non-hydrogen) atoms. The maximum atomic E-state index is 9.15. The lowest BCUT2D eigenvalue weighted by Gasteiger charge is -2.34. The van der Waals surface area contributed by atoms with E-state index < -0.39 is 0 Å². The molecule has 0 saturated heterocycles. The van der Waals surface area contributed by atoms with Gasteiger partial charge in [-0.15, -0.1) is 0 Å². The van der Waals surface area contributed by atoms with Gasteiger partial charge in [0.05, 0.1) is 12.9 Å². The Balaban J connectivity index is 2.59. The molecular weight excluding hydrogens is 152 g/mol. The van der Waals surface area contributed by atoms with Crippen LogP contribution in [0.1, 0.15) is 39.5 Å². The molecule has 1 unspecified atom stereocenters. The van der Waals surface area contributed by atoms with Gasteiger partial charge in [0.15, 0.2) is 0 Å². The van der Waals surface area contributed by atoms with Crippen LogP contribution >= 0.6 is 0 Å². The topological polar surface area (TPSA) is 29.5 Å². The Labute approximate surface area is 74.2 Å². The molecule has 70 valence electrons. The fourth-order valence-corrected chi connectivity index (χ4v) is 1.46. The van der Waals surface area contributed by atoms with E-state index in [0.717, 1.165) is 25.7 Å². The molecule has 0 amide bonds. The molecule has 2 heteroatoms. The van der Waals surface area contributed by atoms with Crippen LogP contribution in [0.15, 0.2) is 11.8 Å². The molecule has 0 fully saturated rings. The fraction of sp³-hybridized carbons (Fsp3) is 0.800. The molecular formula is C10H18O2. The first-order valence-electron chi connectivity index (χ1n) is 4.73. The lowest BCUT2D eigenvalue weighted by molar-refractivity contribution is -0.0459. The molecule has 0 radical (unpaired) electrons. The van der Waals surface area contributed by atoms with Gasteiger partial charge in [0, 0.05) is 0 Å². The normalized spacial score (nSPS) is 29.4. The van der Waals surface area contributed by atoms with E-state index in [1.165, 1.54) is 5.57 Å². The number of rotatable bonds is 3. The Hall–Kier alpha value is -0.500. The summed E-state index contributed by atoms with van der Waals surface area (Å²) in [5.74, 6) is 0. The van der Waals surface area contributed by atoms with E-state index >= 15 is 0 Å². The van der Waals surface area contributed by atoms with Crippen LogP contribution in [-0.2, 0) is 4.74 Å². The quantitative estimate of drug-likeness (QED) is 0.703. The molecule has 0 saturated carbocycles. The zero-order valence-electron chi connectivity index (χ0n) is 7.97. The van der Waals surface area contributed by atoms with E-state index in [2.05, 4.69) is 13.8 Å². The zero-order valence-corrected chi connectivity index (χ0v) is 7.97. The molecule has 1 aliphatic heterocycles. The highest BCUT2D eigenvalue weighted by atomic mass is 16.5. The molecule has 1 atom stereocenters. The average Bonchev–Trinajstić information content (AvgIpc) is 2.18. The first-order chi connectivity index (χ1) is 5.76. The van der Waals surface area contributed by atoms with Crippen molar-refractivity contribution in [3.05, 3.63) is 11.8 Å². The van der Waals surface area contributed by atoms with Crippen LogP contribution in [0.25, 0.3) is 0 Å². The molecule has 2 nitrogen and oxygen atoms in total. The van der Waals surface area contributed by atoms with Gasteiger partial charge < -0.3 is 9.84 Å². The minimum Gasteiger partial charge on any atom is -0.493 e. The predicted octanol–water partition coefficient (Wildman–Crippen LogP) is 2.23. The van der Waals surface area contributed by atoms with Crippen molar-refractivity contribution >= 4 is 0 Å². The lowest BCUT2D eigenvalue weighted by Crippen LogP contribution is -2.36. The van der Waals surface area contributed by atoms with Gasteiger partial charge in [-0.1, -0.05) is 13.8 Å². The van der Waals surface area contributed by atoms with Crippen molar-refractivity contribution in [2.24, 2.45) is 0 Å².